The van der Waals surface area contributed by atoms with Crippen molar-refractivity contribution in [3.8, 4) is 67.8 Å². The van der Waals surface area contributed by atoms with E-state index in [2.05, 4.69) is 37.3 Å². The van der Waals surface area contributed by atoms with Crippen LogP contribution in [-0.2, 0) is 5.41 Å². The summed E-state index contributed by atoms with van der Waals surface area (Å²) >= 11 is 0. The van der Waals surface area contributed by atoms with Gasteiger partial charge in [-0.15, -0.1) is 0 Å². The molecule has 354 valence electrons. The van der Waals surface area contributed by atoms with Crippen molar-refractivity contribution >= 4 is 54.5 Å². The molecular weight excluding hydrogens is 895 g/mol. The van der Waals surface area contributed by atoms with Gasteiger partial charge in [0.2, 0.25) is 11.2 Å². The summed E-state index contributed by atoms with van der Waals surface area (Å²) in [5, 5.41) is 70.0. The second-order valence-electron chi connectivity index (χ2n) is 17.7. The molecule has 0 bridgehead atoms. The fourth-order valence-corrected chi connectivity index (χ4v) is 11.2. The zero-order valence-corrected chi connectivity index (χ0v) is 40.2. The maximum atomic E-state index is 13.6. The monoisotopic (exact) mass is 945 g/mol. The summed E-state index contributed by atoms with van der Waals surface area (Å²) in [7, 11) is 0. The summed E-state index contributed by atoms with van der Waals surface area (Å²) < 4.78 is 13.9. The fourth-order valence-electron chi connectivity index (χ4n) is 11.2. The zero-order chi connectivity index (χ0) is 49.8. The highest BCUT2D eigenvalue weighted by Crippen LogP contribution is 2.64. The third-order valence-corrected chi connectivity index (χ3v) is 14.2. The van der Waals surface area contributed by atoms with Gasteiger partial charge in [-0.1, -0.05) is 202 Å². The average Bonchev–Trinajstić information content (AvgIpc) is 3.62. The predicted octanol–water partition coefficient (Wildman–Crippen LogP) is 16.7. The molecule has 1 unspecified atom stereocenters. The molecule has 12 rings (SSSR count). The quantitative estimate of drug-likeness (QED) is 0.0353. The Balaban J connectivity index is 0.00000277. The molecule has 8 heteroatoms. The van der Waals surface area contributed by atoms with Gasteiger partial charge in [-0.05, 0) is 97.2 Å². The summed E-state index contributed by atoms with van der Waals surface area (Å²) in [6, 6.07) is 56.7. The van der Waals surface area contributed by atoms with Gasteiger partial charge in [-0.25, -0.2) is 0 Å². The number of hydrogen-bond acceptors (Lipinski definition) is 7. The number of benzene rings is 10. The van der Waals surface area contributed by atoms with Crippen molar-refractivity contribution in [2.24, 2.45) is 0 Å². The summed E-state index contributed by atoms with van der Waals surface area (Å²) in [6.45, 7) is 8.01. The summed E-state index contributed by atoms with van der Waals surface area (Å²) in [5.41, 5.74) is 4.40. The third-order valence-electron chi connectivity index (χ3n) is 14.2. The molecule has 72 heavy (non-hydrogen) atoms. The number of phenols is 5. The van der Waals surface area contributed by atoms with Crippen molar-refractivity contribution in [1.29, 1.82) is 0 Å². The van der Waals surface area contributed by atoms with Crippen LogP contribution >= 0.6 is 0 Å². The maximum Gasteiger partial charge on any atom is 0.248 e. The molecule has 0 amide bonds. The lowest BCUT2D eigenvalue weighted by Crippen LogP contribution is -2.29. The van der Waals surface area contributed by atoms with Gasteiger partial charge in [-0.2, -0.15) is 0 Å². The van der Waals surface area contributed by atoms with Crippen LogP contribution in [0.15, 0.2) is 209 Å². The Kier molecular flexibility index (Phi) is 11.3. The minimum atomic E-state index is -1.16. The maximum absolute atomic E-state index is 13.6. The molecule has 1 heterocycles. The van der Waals surface area contributed by atoms with Gasteiger partial charge in [0, 0.05) is 16.8 Å². The molecule has 0 radical (unpaired) electrons. The van der Waals surface area contributed by atoms with Gasteiger partial charge < -0.3 is 25.5 Å². The van der Waals surface area contributed by atoms with E-state index in [0.29, 0.717) is 39.7 Å². The van der Waals surface area contributed by atoms with E-state index in [1.54, 1.807) is 0 Å². The van der Waals surface area contributed by atoms with Crippen LogP contribution in [0, 0.1) is 0 Å². The van der Waals surface area contributed by atoms with Crippen LogP contribution in [-0.4, -0.2) is 30.1 Å². The number of aromatic nitrogens is 1. The molecule has 5 N–H and O–H groups in total. The van der Waals surface area contributed by atoms with Crippen molar-refractivity contribution in [2.45, 2.75) is 39.5 Å². The number of aromatic hydroxyl groups is 5. The van der Waals surface area contributed by atoms with Gasteiger partial charge >= 0.3 is 0 Å². The highest BCUT2D eigenvalue weighted by Gasteiger charge is 2.51. The first-order valence-corrected chi connectivity index (χ1v) is 24.3. The molecule has 11 aromatic rings. The normalized spacial score (nSPS) is 14.2. The number of fused-ring (bicyclic) bond motifs is 9. The molecule has 0 saturated carbocycles. The molecule has 0 fully saturated rings. The first-order chi connectivity index (χ1) is 35.3. The minimum absolute atomic E-state index is 0.0967. The van der Waals surface area contributed by atoms with Gasteiger partial charge in [0.25, 0.3) is 0 Å². The minimum Gasteiger partial charge on any atom is -0.505 e. The molecule has 1 aliphatic rings. The van der Waals surface area contributed by atoms with E-state index in [4.69, 9.17) is 9.15 Å². The number of allylic oxidation sites excluding steroid dienone is 4. The number of nitrogens with zero attached hydrogens (tertiary/aromatic N) is 1. The Morgan fingerprint density at radius 3 is 1.79 bits per heavy atom. The molecule has 0 saturated heterocycles. The highest BCUT2D eigenvalue weighted by atomic mass is 17.0. The first-order valence-electron chi connectivity index (χ1n) is 24.3. The zero-order valence-electron chi connectivity index (χ0n) is 40.2. The van der Waals surface area contributed by atoms with Crippen molar-refractivity contribution < 1.29 is 34.7 Å². The fraction of sp³-hybridized carbons (Fsp3) is 0.0938. The van der Waals surface area contributed by atoms with E-state index >= 15 is 0 Å². The number of rotatable bonds is 7. The summed E-state index contributed by atoms with van der Waals surface area (Å²) in [5.74, 6) is -2.49. The van der Waals surface area contributed by atoms with E-state index in [-0.39, 0.29) is 39.3 Å². The molecule has 0 spiro atoms. The number of phenolic OH excluding ortho intramolecular Hbond substituents is 5. The lowest BCUT2D eigenvalue weighted by Gasteiger charge is -2.36. The largest absolute Gasteiger partial charge is 0.505 e. The number of hydrogen-bond donors (Lipinski definition) is 5. The summed E-state index contributed by atoms with van der Waals surface area (Å²) in [6.07, 6.45) is 6.54. The second kappa shape index (κ2) is 18.0. The molecule has 8 nitrogen and oxygen atoms in total. The Hall–Kier alpha value is -9.14. The van der Waals surface area contributed by atoms with Crippen molar-refractivity contribution in [3.63, 3.8) is 0 Å². The topological polar surface area (TPSA) is 132 Å². The molecule has 0 aliphatic heterocycles. The van der Waals surface area contributed by atoms with Crippen LogP contribution in [0.1, 0.15) is 50.8 Å². The first kappa shape index (κ1) is 45.3. The predicted molar refractivity (Wildman–Crippen MR) is 291 cm³/mol. The van der Waals surface area contributed by atoms with Gasteiger partial charge in [-0.3, -0.25) is 13.7 Å². The molecule has 1 aromatic heterocycles. The van der Waals surface area contributed by atoms with E-state index in [1.807, 2.05) is 185 Å². The van der Waals surface area contributed by atoms with Crippen LogP contribution in [0.2, 0.25) is 0 Å². The van der Waals surface area contributed by atoms with Crippen LogP contribution in [0.4, 0.5) is 0 Å². The van der Waals surface area contributed by atoms with Gasteiger partial charge in [0.05, 0.1) is 11.0 Å². The average molecular weight is 946 g/mol. The highest BCUT2D eigenvalue weighted by molar-refractivity contribution is 6.16. The van der Waals surface area contributed by atoms with E-state index in [1.165, 1.54) is 4.57 Å². The van der Waals surface area contributed by atoms with Crippen molar-refractivity contribution in [1.82, 2.24) is 4.57 Å². The van der Waals surface area contributed by atoms with E-state index < -0.39 is 22.7 Å². The Bertz CT molecular complexity index is 4050. The summed E-state index contributed by atoms with van der Waals surface area (Å²) in [4.78, 5) is 0. The molecule has 1 atom stereocenters. The van der Waals surface area contributed by atoms with Crippen LogP contribution in [0.25, 0.3) is 93.6 Å². The Morgan fingerprint density at radius 1 is 0.514 bits per heavy atom. The standard InChI is InChI=1S/C62H45NO7.C2H6/c1-3-5-21-39(4-2)62(40-22-7-6-8-23-40)49-30-16-15-28-47(49)50-52(62)58(67)53-60(56(50)65)69-70-61-54(63(53)41-33-31-37(32-34-41)43-29-17-20-36-18-9-11-24-42(36)43)59(68)55(64)51(57(61)66)48-35-38-19-10-12-25-44(38)45-26-13-14-27-46(45)48;1-2/h3,5-35,64-68H,4H2,1-2H3;1-2H3/b5-3-,39-21+;. The lowest BCUT2D eigenvalue weighted by atomic mass is 9.66. The van der Waals surface area contributed by atoms with Crippen LogP contribution in [0.5, 0.6) is 28.7 Å². The van der Waals surface area contributed by atoms with Crippen molar-refractivity contribution in [3.05, 3.63) is 216 Å². The SMILES string of the molecule is C/C=C\C=C(/CC)C1(c2ccccc2)c2ccccc2-c2c1c(O)c1c(ooc3c(O)c(-c4cc5ccccc5c5ccccc45)c(O)c(O)c3n1-c1ccc(-c3cccc4ccccc34)cc1)c2O.CC. The smallest absolute Gasteiger partial charge is 0.248 e. The Morgan fingerprint density at radius 2 is 1.08 bits per heavy atom. The van der Waals surface area contributed by atoms with E-state index in [9.17, 15) is 25.5 Å². The van der Waals surface area contributed by atoms with Crippen molar-refractivity contribution in [2.75, 3.05) is 0 Å². The molecular formula is C64H51NO7. The molecule has 10 aromatic carbocycles. The second-order valence-corrected chi connectivity index (χ2v) is 17.7. The third kappa shape index (κ3) is 6.59. The Labute approximate surface area is 415 Å². The molecule has 1 aliphatic carbocycles. The lowest BCUT2D eigenvalue weighted by molar-refractivity contribution is 0.0877. The van der Waals surface area contributed by atoms with Gasteiger partial charge in [0.1, 0.15) is 16.8 Å². The van der Waals surface area contributed by atoms with Gasteiger partial charge in [0.15, 0.2) is 23.0 Å². The van der Waals surface area contributed by atoms with Crippen LogP contribution in [0.3, 0.4) is 0 Å². The van der Waals surface area contributed by atoms with E-state index in [0.717, 1.165) is 54.8 Å². The van der Waals surface area contributed by atoms with Crippen LogP contribution < -0.4 is 0 Å².